The van der Waals surface area contributed by atoms with Crippen molar-refractivity contribution in [3.8, 4) is 0 Å². The molecule has 0 aliphatic heterocycles. The molecule has 0 aliphatic rings. The van der Waals surface area contributed by atoms with Crippen LogP contribution in [0.2, 0.25) is 0 Å². The van der Waals surface area contributed by atoms with Gasteiger partial charge in [-0.1, -0.05) is 11.8 Å². The molecule has 2 rings (SSSR count). The summed E-state index contributed by atoms with van der Waals surface area (Å²) in [5, 5.41) is 0.890. The zero-order chi connectivity index (χ0) is 11.4. The van der Waals surface area contributed by atoms with Crippen LogP contribution in [0.25, 0.3) is 0 Å². The molecule has 0 saturated carbocycles. The lowest BCUT2D eigenvalue weighted by Crippen LogP contribution is -1.93. The Morgan fingerprint density at radius 2 is 2.31 bits per heavy atom. The second-order valence-corrected chi connectivity index (χ2v) is 4.30. The zero-order valence-corrected chi connectivity index (χ0v) is 9.66. The maximum absolute atomic E-state index is 11.0. The number of hydrogen-bond donors (Lipinski definition) is 0. The zero-order valence-electron chi connectivity index (χ0n) is 8.84. The summed E-state index contributed by atoms with van der Waals surface area (Å²) < 4.78 is 5.21. The summed E-state index contributed by atoms with van der Waals surface area (Å²) >= 11 is 1.58. The molecule has 0 aromatic carbocycles. The maximum atomic E-state index is 11.0. The van der Waals surface area contributed by atoms with Crippen LogP contribution in [-0.4, -0.2) is 10.8 Å². The molecule has 0 bridgehead atoms. The Hall–Kier alpha value is -1.55. The first-order valence-corrected chi connectivity index (χ1v) is 5.86. The van der Waals surface area contributed by atoms with Crippen molar-refractivity contribution in [2.24, 2.45) is 0 Å². The SMILES string of the molecule is CC(=O)c1ccc(SCc2ccco2)nc1. The molecular weight excluding hydrogens is 222 g/mol. The van der Waals surface area contributed by atoms with Crippen molar-refractivity contribution < 1.29 is 9.21 Å². The second kappa shape index (κ2) is 4.99. The van der Waals surface area contributed by atoms with E-state index in [1.54, 1.807) is 30.3 Å². The number of furan rings is 1. The van der Waals surface area contributed by atoms with Crippen molar-refractivity contribution >= 4 is 17.5 Å². The van der Waals surface area contributed by atoms with Gasteiger partial charge in [0.2, 0.25) is 0 Å². The van der Waals surface area contributed by atoms with Gasteiger partial charge in [-0.15, -0.1) is 0 Å². The number of ketones is 1. The summed E-state index contributed by atoms with van der Waals surface area (Å²) in [7, 11) is 0. The van der Waals surface area contributed by atoms with E-state index in [9.17, 15) is 4.79 Å². The van der Waals surface area contributed by atoms with Gasteiger partial charge < -0.3 is 4.42 Å². The van der Waals surface area contributed by atoms with Gasteiger partial charge in [-0.2, -0.15) is 0 Å². The number of thioether (sulfide) groups is 1. The second-order valence-electron chi connectivity index (χ2n) is 3.31. The number of rotatable bonds is 4. The van der Waals surface area contributed by atoms with Gasteiger partial charge in [0, 0.05) is 11.8 Å². The number of carbonyl (C=O) groups excluding carboxylic acids is 1. The van der Waals surface area contributed by atoms with Gasteiger partial charge in [0.1, 0.15) is 5.76 Å². The molecule has 16 heavy (non-hydrogen) atoms. The Labute approximate surface area is 97.9 Å². The Kier molecular flexibility index (Phi) is 3.41. The molecule has 2 aromatic heterocycles. The van der Waals surface area contributed by atoms with E-state index in [1.807, 2.05) is 18.2 Å². The monoisotopic (exact) mass is 233 g/mol. The van der Waals surface area contributed by atoms with E-state index >= 15 is 0 Å². The van der Waals surface area contributed by atoms with Crippen LogP contribution in [0, 0.1) is 0 Å². The molecule has 0 unspecified atom stereocenters. The highest BCUT2D eigenvalue weighted by Crippen LogP contribution is 2.20. The van der Waals surface area contributed by atoms with E-state index in [0.29, 0.717) is 5.56 Å². The first-order valence-electron chi connectivity index (χ1n) is 4.88. The highest BCUT2D eigenvalue weighted by molar-refractivity contribution is 7.98. The molecule has 3 nitrogen and oxygen atoms in total. The third kappa shape index (κ3) is 2.73. The molecule has 0 spiro atoms. The number of Topliss-reactive ketones (excluding diaryl/α,β-unsaturated/α-hetero) is 1. The molecule has 2 heterocycles. The van der Waals surface area contributed by atoms with Gasteiger partial charge in [-0.3, -0.25) is 4.79 Å². The van der Waals surface area contributed by atoms with Crippen LogP contribution in [0.4, 0.5) is 0 Å². The van der Waals surface area contributed by atoms with Gasteiger partial charge in [0.15, 0.2) is 5.78 Å². The largest absolute Gasteiger partial charge is 0.468 e. The number of aromatic nitrogens is 1. The summed E-state index contributed by atoms with van der Waals surface area (Å²) in [5.74, 6) is 1.71. The van der Waals surface area contributed by atoms with Gasteiger partial charge >= 0.3 is 0 Å². The number of hydrogen-bond acceptors (Lipinski definition) is 4. The fourth-order valence-electron chi connectivity index (χ4n) is 1.21. The molecule has 82 valence electrons. The van der Waals surface area contributed by atoms with E-state index in [-0.39, 0.29) is 5.78 Å². The first-order chi connectivity index (χ1) is 7.75. The Morgan fingerprint density at radius 3 is 2.88 bits per heavy atom. The lowest BCUT2D eigenvalue weighted by atomic mass is 10.2. The van der Waals surface area contributed by atoms with Crippen molar-refractivity contribution in [2.45, 2.75) is 17.7 Å². The van der Waals surface area contributed by atoms with Crippen molar-refractivity contribution in [2.75, 3.05) is 0 Å². The lowest BCUT2D eigenvalue weighted by molar-refractivity contribution is 0.101. The minimum atomic E-state index is 0.0371. The van der Waals surface area contributed by atoms with E-state index < -0.39 is 0 Å². The number of nitrogens with zero attached hydrogens (tertiary/aromatic N) is 1. The normalized spacial score (nSPS) is 10.3. The average Bonchev–Trinajstić information content (AvgIpc) is 2.80. The van der Waals surface area contributed by atoms with Crippen LogP contribution in [0.3, 0.4) is 0 Å². The number of pyridine rings is 1. The smallest absolute Gasteiger partial charge is 0.161 e. The fraction of sp³-hybridized carbons (Fsp3) is 0.167. The van der Waals surface area contributed by atoms with Crippen LogP contribution in [0.5, 0.6) is 0 Å². The van der Waals surface area contributed by atoms with Crippen molar-refractivity contribution in [3.63, 3.8) is 0 Å². The summed E-state index contributed by atoms with van der Waals surface area (Å²) in [6, 6.07) is 7.43. The van der Waals surface area contributed by atoms with Crippen molar-refractivity contribution in [1.29, 1.82) is 0 Å². The fourth-order valence-corrected chi connectivity index (χ4v) is 1.96. The quantitative estimate of drug-likeness (QED) is 0.601. The topological polar surface area (TPSA) is 43.1 Å². The minimum Gasteiger partial charge on any atom is -0.468 e. The summed E-state index contributed by atoms with van der Waals surface area (Å²) in [6.07, 6.45) is 3.26. The van der Waals surface area contributed by atoms with E-state index in [4.69, 9.17) is 4.42 Å². The highest BCUT2D eigenvalue weighted by Gasteiger charge is 2.02. The number of carbonyl (C=O) groups is 1. The highest BCUT2D eigenvalue weighted by atomic mass is 32.2. The predicted molar refractivity (Wildman–Crippen MR) is 62.5 cm³/mol. The van der Waals surface area contributed by atoms with Crippen LogP contribution in [-0.2, 0) is 5.75 Å². The molecule has 0 amide bonds. The Morgan fingerprint density at radius 1 is 1.44 bits per heavy atom. The third-order valence-corrected chi connectivity index (χ3v) is 3.05. The molecule has 0 atom stereocenters. The predicted octanol–water partition coefficient (Wildman–Crippen LogP) is 3.17. The summed E-state index contributed by atoms with van der Waals surface area (Å²) in [6.45, 7) is 1.53. The molecular formula is C12H11NO2S. The molecule has 0 fully saturated rings. The molecule has 0 radical (unpaired) electrons. The van der Waals surface area contributed by atoms with E-state index in [1.165, 1.54) is 6.92 Å². The third-order valence-electron chi connectivity index (χ3n) is 2.09. The molecule has 4 heteroatoms. The summed E-state index contributed by atoms with van der Waals surface area (Å²) in [4.78, 5) is 15.2. The molecule has 0 saturated heterocycles. The standard InChI is InChI=1S/C12H11NO2S/c1-9(14)10-4-5-12(13-7-10)16-8-11-3-2-6-15-11/h2-7H,8H2,1H3. The van der Waals surface area contributed by atoms with Crippen LogP contribution in [0.1, 0.15) is 23.0 Å². The minimum absolute atomic E-state index is 0.0371. The van der Waals surface area contributed by atoms with Crippen LogP contribution >= 0.6 is 11.8 Å². The van der Waals surface area contributed by atoms with Crippen molar-refractivity contribution in [1.82, 2.24) is 4.98 Å². The van der Waals surface area contributed by atoms with Gasteiger partial charge in [-0.05, 0) is 31.2 Å². The lowest BCUT2D eigenvalue weighted by Gasteiger charge is -1.99. The maximum Gasteiger partial charge on any atom is 0.161 e. The van der Waals surface area contributed by atoms with Crippen LogP contribution in [0.15, 0.2) is 46.2 Å². The Balaban J connectivity index is 1.98. The molecule has 0 N–H and O–H groups in total. The van der Waals surface area contributed by atoms with E-state index in [2.05, 4.69) is 4.98 Å². The first kappa shape index (κ1) is 11.0. The average molecular weight is 233 g/mol. The Bertz CT molecular complexity index is 462. The van der Waals surface area contributed by atoms with Crippen molar-refractivity contribution in [3.05, 3.63) is 48.0 Å². The van der Waals surface area contributed by atoms with E-state index in [0.717, 1.165) is 16.5 Å². The molecule has 2 aromatic rings. The molecule has 0 aliphatic carbocycles. The van der Waals surface area contributed by atoms with Crippen LogP contribution < -0.4 is 0 Å². The van der Waals surface area contributed by atoms with Gasteiger partial charge in [-0.25, -0.2) is 4.98 Å². The summed E-state index contributed by atoms with van der Waals surface area (Å²) in [5.41, 5.74) is 0.641. The van der Waals surface area contributed by atoms with Gasteiger partial charge in [0.25, 0.3) is 0 Å². The van der Waals surface area contributed by atoms with Gasteiger partial charge in [0.05, 0.1) is 17.0 Å².